The minimum absolute atomic E-state index is 0.157. The van der Waals surface area contributed by atoms with Crippen molar-refractivity contribution in [3.8, 4) is 5.75 Å². The van der Waals surface area contributed by atoms with Crippen LogP contribution in [0.4, 0.5) is 0 Å². The fraction of sp³-hybridized carbons (Fsp3) is 0.267. The van der Waals surface area contributed by atoms with Crippen molar-refractivity contribution in [3.05, 3.63) is 59.9 Å². The van der Waals surface area contributed by atoms with Gasteiger partial charge >= 0.3 is 0 Å². The first-order valence-electron chi connectivity index (χ1n) is 6.18. The monoisotopic (exact) mass is 258 g/mol. The lowest BCUT2D eigenvalue weighted by molar-refractivity contribution is 0.147. The van der Waals surface area contributed by atoms with Crippen LogP contribution < -0.4 is 10.5 Å². The first-order chi connectivity index (χ1) is 9.26. The minimum atomic E-state index is -0.664. The number of benzene rings is 1. The maximum absolute atomic E-state index is 10.5. The maximum Gasteiger partial charge on any atom is 0.119 e. The normalized spacial score (nSPS) is 13.8. The Bertz CT molecular complexity index is 517. The van der Waals surface area contributed by atoms with Crippen LogP contribution in [0.1, 0.15) is 23.1 Å². The van der Waals surface area contributed by atoms with E-state index in [2.05, 4.69) is 4.98 Å². The zero-order chi connectivity index (χ0) is 13.7. The lowest BCUT2D eigenvalue weighted by atomic mass is 9.90. The van der Waals surface area contributed by atoms with E-state index >= 15 is 0 Å². The highest BCUT2D eigenvalue weighted by molar-refractivity contribution is 5.32. The second-order valence-corrected chi connectivity index (χ2v) is 4.34. The van der Waals surface area contributed by atoms with Crippen molar-refractivity contribution in [3.63, 3.8) is 0 Å². The largest absolute Gasteiger partial charge is 0.497 e. The van der Waals surface area contributed by atoms with Gasteiger partial charge in [-0.25, -0.2) is 0 Å². The zero-order valence-electron chi connectivity index (χ0n) is 10.9. The van der Waals surface area contributed by atoms with E-state index in [1.165, 1.54) is 0 Å². The SMILES string of the molecule is COc1cccc(C(O)C(CN)c2ccncc2)c1. The van der Waals surface area contributed by atoms with Crippen LogP contribution in [-0.4, -0.2) is 23.7 Å². The van der Waals surface area contributed by atoms with E-state index in [1.54, 1.807) is 19.5 Å². The molecule has 0 bridgehead atoms. The number of nitrogens with zero attached hydrogens (tertiary/aromatic N) is 1. The molecule has 19 heavy (non-hydrogen) atoms. The lowest BCUT2D eigenvalue weighted by Crippen LogP contribution is -2.20. The van der Waals surface area contributed by atoms with Crippen LogP contribution in [0.5, 0.6) is 5.75 Å². The summed E-state index contributed by atoms with van der Waals surface area (Å²) in [6, 6.07) is 11.2. The third kappa shape index (κ3) is 3.10. The van der Waals surface area contributed by atoms with Crippen LogP contribution in [0, 0.1) is 0 Å². The number of rotatable bonds is 5. The molecule has 0 aliphatic carbocycles. The summed E-state index contributed by atoms with van der Waals surface area (Å²) in [4.78, 5) is 3.98. The van der Waals surface area contributed by atoms with Gasteiger partial charge in [0.25, 0.3) is 0 Å². The van der Waals surface area contributed by atoms with Crippen molar-refractivity contribution in [2.24, 2.45) is 5.73 Å². The standard InChI is InChI=1S/C15H18N2O2/c1-19-13-4-2-3-12(9-13)15(18)14(10-16)11-5-7-17-8-6-11/h2-9,14-15,18H,10,16H2,1H3. The molecule has 2 atom stereocenters. The first-order valence-corrected chi connectivity index (χ1v) is 6.18. The van der Waals surface area contributed by atoms with Gasteiger partial charge in [-0.1, -0.05) is 12.1 Å². The molecule has 3 N–H and O–H groups in total. The highest BCUT2D eigenvalue weighted by atomic mass is 16.5. The summed E-state index contributed by atoms with van der Waals surface area (Å²) in [5, 5.41) is 10.5. The topological polar surface area (TPSA) is 68.4 Å². The fourth-order valence-corrected chi connectivity index (χ4v) is 2.12. The van der Waals surface area contributed by atoms with Gasteiger partial charge in [0.2, 0.25) is 0 Å². The molecule has 4 heteroatoms. The van der Waals surface area contributed by atoms with Crippen molar-refractivity contribution in [2.75, 3.05) is 13.7 Å². The van der Waals surface area contributed by atoms with E-state index in [4.69, 9.17) is 10.5 Å². The van der Waals surface area contributed by atoms with Gasteiger partial charge in [0, 0.05) is 24.9 Å². The number of methoxy groups -OCH3 is 1. The average molecular weight is 258 g/mol. The number of aliphatic hydroxyl groups is 1. The van der Waals surface area contributed by atoms with Crippen LogP contribution in [-0.2, 0) is 0 Å². The highest BCUT2D eigenvalue weighted by Crippen LogP contribution is 2.31. The van der Waals surface area contributed by atoms with E-state index in [0.717, 1.165) is 16.9 Å². The number of pyridine rings is 1. The lowest BCUT2D eigenvalue weighted by Gasteiger charge is -2.22. The van der Waals surface area contributed by atoms with Crippen molar-refractivity contribution >= 4 is 0 Å². The van der Waals surface area contributed by atoms with Crippen molar-refractivity contribution in [1.29, 1.82) is 0 Å². The van der Waals surface area contributed by atoms with E-state index in [-0.39, 0.29) is 5.92 Å². The molecule has 0 radical (unpaired) electrons. The second-order valence-electron chi connectivity index (χ2n) is 4.34. The summed E-state index contributed by atoms with van der Waals surface area (Å²) in [7, 11) is 1.61. The van der Waals surface area contributed by atoms with E-state index < -0.39 is 6.10 Å². The number of aliphatic hydroxyl groups excluding tert-OH is 1. The molecule has 0 spiro atoms. The van der Waals surface area contributed by atoms with Crippen LogP contribution in [0.2, 0.25) is 0 Å². The minimum Gasteiger partial charge on any atom is -0.497 e. The molecule has 0 amide bonds. The van der Waals surface area contributed by atoms with Gasteiger partial charge in [0.05, 0.1) is 13.2 Å². The molecule has 1 aromatic carbocycles. The molecular weight excluding hydrogens is 240 g/mol. The molecule has 1 heterocycles. The summed E-state index contributed by atoms with van der Waals surface area (Å²) >= 11 is 0. The summed E-state index contributed by atoms with van der Waals surface area (Å²) in [5.41, 5.74) is 7.58. The van der Waals surface area contributed by atoms with Crippen molar-refractivity contribution in [1.82, 2.24) is 4.98 Å². The van der Waals surface area contributed by atoms with Gasteiger partial charge in [0.15, 0.2) is 0 Å². The van der Waals surface area contributed by atoms with Gasteiger partial charge in [-0.2, -0.15) is 0 Å². The second kappa shape index (κ2) is 6.31. The van der Waals surface area contributed by atoms with E-state index in [0.29, 0.717) is 6.54 Å². The first kappa shape index (κ1) is 13.5. The van der Waals surface area contributed by atoms with Crippen LogP contribution >= 0.6 is 0 Å². The van der Waals surface area contributed by atoms with E-state index in [1.807, 2.05) is 36.4 Å². The molecule has 4 nitrogen and oxygen atoms in total. The molecule has 0 saturated heterocycles. The number of hydrogen-bond donors (Lipinski definition) is 2. The van der Waals surface area contributed by atoms with Crippen molar-refractivity contribution in [2.45, 2.75) is 12.0 Å². The van der Waals surface area contributed by atoms with E-state index in [9.17, 15) is 5.11 Å². The number of ether oxygens (including phenoxy) is 1. The Morgan fingerprint density at radius 2 is 1.95 bits per heavy atom. The molecule has 0 aliphatic heterocycles. The number of hydrogen-bond acceptors (Lipinski definition) is 4. The van der Waals surface area contributed by atoms with Crippen LogP contribution in [0.25, 0.3) is 0 Å². The Hall–Kier alpha value is -1.91. The Morgan fingerprint density at radius 3 is 2.58 bits per heavy atom. The summed E-state index contributed by atoms with van der Waals surface area (Å²) in [6.45, 7) is 0.363. The van der Waals surface area contributed by atoms with Gasteiger partial charge in [-0.15, -0.1) is 0 Å². The Kier molecular flexibility index (Phi) is 4.49. The molecule has 2 aromatic rings. The predicted molar refractivity (Wildman–Crippen MR) is 74.0 cm³/mol. The maximum atomic E-state index is 10.5. The average Bonchev–Trinajstić information content (AvgIpc) is 2.49. The quantitative estimate of drug-likeness (QED) is 0.859. The summed E-state index contributed by atoms with van der Waals surface area (Å²) in [5.74, 6) is 0.567. The molecule has 2 rings (SSSR count). The Labute approximate surface area is 112 Å². The van der Waals surface area contributed by atoms with Gasteiger partial charge in [0.1, 0.15) is 5.75 Å². The Morgan fingerprint density at radius 1 is 1.21 bits per heavy atom. The zero-order valence-corrected chi connectivity index (χ0v) is 10.9. The smallest absolute Gasteiger partial charge is 0.119 e. The predicted octanol–water partition coefficient (Wildman–Crippen LogP) is 1.87. The molecular formula is C15H18N2O2. The van der Waals surface area contributed by atoms with Crippen LogP contribution in [0.3, 0.4) is 0 Å². The van der Waals surface area contributed by atoms with Crippen molar-refractivity contribution < 1.29 is 9.84 Å². The third-order valence-corrected chi connectivity index (χ3v) is 3.20. The van der Waals surface area contributed by atoms with Gasteiger partial charge < -0.3 is 15.6 Å². The number of aromatic nitrogens is 1. The molecule has 0 aliphatic rings. The van der Waals surface area contributed by atoms with Gasteiger partial charge in [-0.3, -0.25) is 4.98 Å². The van der Waals surface area contributed by atoms with Crippen LogP contribution in [0.15, 0.2) is 48.8 Å². The Balaban J connectivity index is 2.27. The molecule has 0 fully saturated rings. The molecule has 2 unspecified atom stereocenters. The molecule has 100 valence electrons. The molecule has 0 saturated carbocycles. The van der Waals surface area contributed by atoms with Gasteiger partial charge in [-0.05, 0) is 35.4 Å². The molecule has 1 aromatic heterocycles. The number of nitrogens with two attached hydrogens (primary N) is 1. The highest BCUT2D eigenvalue weighted by Gasteiger charge is 2.21. The fourth-order valence-electron chi connectivity index (χ4n) is 2.12. The summed E-state index contributed by atoms with van der Waals surface area (Å²) in [6.07, 6.45) is 2.74. The third-order valence-electron chi connectivity index (χ3n) is 3.20. The summed E-state index contributed by atoms with van der Waals surface area (Å²) < 4.78 is 5.17.